The zero-order valence-electron chi connectivity index (χ0n) is 17.1. The van der Waals surface area contributed by atoms with Crippen LogP contribution in [0.4, 0.5) is 0 Å². The van der Waals surface area contributed by atoms with E-state index in [0.717, 1.165) is 12.5 Å². The highest BCUT2D eigenvalue weighted by Crippen LogP contribution is 2.30. The molecule has 0 radical (unpaired) electrons. The Labute approximate surface area is 155 Å². The second kappa shape index (κ2) is 8.19. The molecule has 0 aliphatic heterocycles. The quantitative estimate of drug-likeness (QED) is 0.511. The molecule has 1 rings (SSSR count). The molecule has 0 atom stereocenters. The first-order valence-electron chi connectivity index (χ1n) is 8.77. The summed E-state index contributed by atoms with van der Waals surface area (Å²) in [7, 11) is -8.37. The molecule has 0 spiro atoms. The summed E-state index contributed by atoms with van der Waals surface area (Å²) in [5.74, 6) is -0.101. The van der Waals surface area contributed by atoms with Crippen LogP contribution in [0.25, 0.3) is 0 Å². The van der Waals surface area contributed by atoms with Gasteiger partial charge in [0.15, 0.2) is 25.0 Å². The van der Waals surface area contributed by atoms with Crippen LogP contribution in [0.15, 0.2) is 19.9 Å². The lowest BCUT2D eigenvalue weighted by Crippen LogP contribution is -2.60. The van der Waals surface area contributed by atoms with E-state index in [1.165, 1.54) is 6.26 Å². The average molecular weight is 423 g/mol. The summed E-state index contributed by atoms with van der Waals surface area (Å²) < 4.78 is 29.5. The minimum Gasteiger partial charge on any atom is -0.417 e. The summed E-state index contributed by atoms with van der Waals surface area (Å²) in [6, 6.07) is 0.723. The second-order valence-electron chi connectivity index (χ2n) is 9.23. The van der Waals surface area contributed by atoms with Gasteiger partial charge >= 0.3 is 14.6 Å². The SMILES string of the molecule is C[Si](C)(C)O[Si](CCCc1coc(=O)o1)(O[Si](C)(C)C)O[Si](C)(C)C. The summed E-state index contributed by atoms with van der Waals surface area (Å²) in [6.45, 7) is 19.5. The Kier molecular flexibility index (Phi) is 7.47. The fourth-order valence-electron chi connectivity index (χ4n) is 2.47. The third kappa shape index (κ3) is 9.87. The van der Waals surface area contributed by atoms with E-state index in [4.69, 9.17) is 21.2 Å². The van der Waals surface area contributed by atoms with Crippen LogP contribution in [0.3, 0.4) is 0 Å². The van der Waals surface area contributed by atoms with Gasteiger partial charge in [0.1, 0.15) is 12.0 Å². The molecule has 0 N–H and O–H groups in total. The van der Waals surface area contributed by atoms with Gasteiger partial charge in [-0.25, -0.2) is 4.79 Å². The highest BCUT2D eigenvalue weighted by atomic mass is 28.5. The van der Waals surface area contributed by atoms with Gasteiger partial charge in [-0.05, 0) is 65.3 Å². The van der Waals surface area contributed by atoms with Gasteiger partial charge in [0, 0.05) is 12.5 Å². The predicted molar refractivity (Wildman–Crippen MR) is 109 cm³/mol. The minimum absolute atomic E-state index is 0.557. The zero-order chi connectivity index (χ0) is 19.5. The molecule has 0 bridgehead atoms. The maximum atomic E-state index is 11.0. The van der Waals surface area contributed by atoms with Crippen molar-refractivity contribution in [1.82, 2.24) is 0 Å². The average Bonchev–Trinajstić information content (AvgIpc) is 2.67. The molecule has 6 nitrogen and oxygen atoms in total. The van der Waals surface area contributed by atoms with Gasteiger partial charge in [0.2, 0.25) is 0 Å². The van der Waals surface area contributed by atoms with Crippen molar-refractivity contribution in [2.24, 2.45) is 0 Å². The molecule has 1 aromatic rings. The van der Waals surface area contributed by atoms with E-state index in [0.29, 0.717) is 12.2 Å². The first-order chi connectivity index (χ1) is 11.1. The van der Waals surface area contributed by atoms with Gasteiger partial charge in [-0.3, -0.25) is 0 Å². The van der Waals surface area contributed by atoms with Crippen LogP contribution in [0.2, 0.25) is 65.0 Å². The standard InChI is InChI=1S/C15H34O6Si4/c1-22(2,3)19-25(20-23(4,5)6,21-24(7,8)9)12-10-11-14-13-17-15(16)18-14/h13H,10-12H2,1-9H3. The summed E-state index contributed by atoms with van der Waals surface area (Å²) in [6.07, 6.45) is 2.76. The van der Waals surface area contributed by atoms with Crippen molar-refractivity contribution in [3.8, 4) is 0 Å². The Bertz CT molecular complexity index is 550. The monoisotopic (exact) mass is 422 g/mol. The summed E-state index contributed by atoms with van der Waals surface area (Å²) in [4.78, 5) is 11.0. The molecule has 0 aliphatic carbocycles. The molecule has 1 aromatic heterocycles. The molecule has 25 heavy (non-hydrogen) atoms. The Morgan fingerprint density at radius 2 is 1.28 bits per heavy atom. The predicted octanol–water partition coefficient (Wildman–Crippen LogP) is 4.66. The van der Waals surface area contributed by atoms with Crippen molar-refractivity contribution in [2.45, 2.75) is 77.8 Å². The van der Waals surface area contributed by atoms with Gasteiger partial charge in [-0.2, -0.15) is 0 Å². The van der Waals surface area contributed by atoms with Crippen molar-refractivity contribution < 1.29 is 21.2 Å². The van der Waals surface area contributed by atoms with Crippen LogP contribution >= 0.6 is 0 Å². The Balaban J connectivity index is 3.00. The summed E-state index contributed by atoms with van der Waals surface area (Å²) >= 11 is 0. The van der Waals surface area contributed by atoms with E-state index < -0.39 is 39.6 Å². The van der Waals surface area contributed by atoms with Crippen molar-refractivity contribution in [3.05, 3.63) is 22.6 Å². The topological polar surface area (TPSA) is 71.0 Å². The summed E-state index contributed by atoms with van der Waals surface area (Å²) in [5.41, 5.74) is 0. The normalized spacial score (nSPS) is 14.1. The van der Waals surface area contributed by atoms with Gasteiger partial charge in [0.25, 0.3) is 0 Å². The third-order valence-corrected chi connectivity index (χ3v) is 14.8. The zero-order valence-corrected chi connectivity index (χ0v) is 21.1. The van der Waals surface area contributed by atoms with Crippen molar-refractivity contribution in [1.29, 1.82) is 0 Å². The van der Waals surface area contributed by atoms with Gasteiger partial charge in [0.05, 0.1) is 0 Å². The van der Waals surface area contributed by atoms with Crippen LogP contribution in [-0.2, 0) is 18.8 Å². The van der Waals surface area contributed by atoms with E-state index in [2.05, 4.69) is 58.9 Å². The Morgan fingerprint density at radius 1 is 0.840 bits per heavy atom. The van der Waals surface area contributed by atoms with Crippen LogP contribution in [-0.4, -0.2) is 33.8 Å². The fraction of sp³-hybridized carbons (Fsp3) is 0.800. The molecule has 0 aromatic carbocycles. The number of hydrogen-bond donors (Lipinski definition) is 0. The van der Waals surface area contributed by atoms with Crippen molar-refractivity contribution >= 4 is 33.8 Å². The van der Waals surface area contributed by atoms with E-state index in [1.807, 2.05) is 0 Å². The van der Waals surface area contributed by atoms with Crippen molar-refractivity contribution in [3.63, 3.8) is 0 Å². The lowest BCUT2D eigenvalue weighted by atomic mass is 10.3. The first-order valence-corrected chi connectivity index (χ1v) is 20.9. The molecular formula is C15H34O6Si4. The maximum absolute atomic E-state index is 11.0. The van der Waals surface area contributed by atoms with E-state index >= 15 is 0 Å². The highest BCUT2D eigenvalue weighted by molar-refractivity contribution is 6.90. The van der Waals surface area contributed by atoms with Crippen molar-refractivity contribution in [2.75, 3.05) is 0 Å². The van der Waals surface area contributed by atoms with Gasteiger partial charge < -0.3 is 21.2 Å². The fourth-order valence-corrected chi connectivity index (χ4v) is 17.1. The molecular weight excluding hydrogens is 389 g/mol. The van der Waals surface area contributed by atoms with Crippen LogP contribution in [0, 0.1) is 0 Å². The lowest BCUT2D eigenvalue weighted by molar-refractivity contribution is 0.250. The van der Waals surface area contributed by atoms with E-state index in [-0.39, 0.29) is 0 Å². The third-order valence-electron chi connectivity index (χ3n) is 2.79. The largest absolute Gasteiger partial charge is 0.518 e. The van der Waals surface area contributed by atoms with Crippen LogP contribution in [0.5, 0.6) is 0 Å². The van der Waals surface area contributed by atoms with Gasteiger partial charge in [-0.15, -0.1) is 0 Å². The molecule has 0 aliphatic rings. The van der Waals surface area contributed by atoms with Crippen LogP contribution in [0.1, 0.15) is 12.2 Å². The Hall–Kier alpha value is -0.242. The number of rotatable bonds is 10. The molecule has 10 heteroatoms. The van der Waals surface area contributed by atoms with Gasteiger partial charge in [-0.1, -0.05) is 0 Å². The molecule has 0 saturated heterocycles. The first kappa shape index (κ1) is 22.8. The Morgan fingerprint density at radius 3 is 1.60 bits per heavy atom. The smallest absolute Gasteiger partial charge is 0.417 e. The maximum Gasteiger partial charge on any atom is 0.518 e. The summed E-state index contributed by atoms with van der Waals surface area (Å²) in [5, 5.41) is 0. The number of hydrogen-bond acceptors (Lipinski definition) is 6. The highest BCUT2D eigenvalue weighted by Gasteiger charge is 2.49. The minimum atomic E-state index is -2.81. The molecule has 1 heterocycles. The van der Waals surface area contributed by atoms with Crippen LogP contribution < -0.4 is 5.82 Å². The second-order valence-corrected chi connectivity index (χ2v) is 26.2. The molecule has 0 fully saturated rings. The molecule has 146 valence electrons. The lowest BCUT2D eigenvalue weighted by Gasteiger charge is -2.42. The molecule has 0 saturated carbocycles. The van der Waals surface area contributed by atoms with E-state index in [9.17, 15) is 4.79 Å². The number of aryl methyl sites for hydroxylation is 1. The molecule has 0 unspecified atom stereocenters. The molecule has 0 amide bonds. The van der Waals surface area contributed by atoms with E-state index in [1.54, 1.807) is 0 Å².